The Kier molecular flexibility index (Phi) is 4.44. The van der Waals surface area contributed by atoms with E-state index in [0.717, 1.165) is 18.4 Å². The first-order chi connectivity index (χ1) is 12.7. The van der Waals surface area contributed by atoms with Gasteiger partial charge in [-0.1, -0.05) is 36.4 Å². The summed E-state index contributed by atoms with van der Waals surface area (Å²) in [4.78, 5) is 24.4. The highest BCUT2D eigenvalue weighted by molar-refractivity contribution is 5.91. The van der Waals surface area contributed by atoms with Crippen LogP contribution in [0.25, 0.3) is 0 Å². The molecule has 5 heteroatoms. The Morgan fingerprint density at radius 2 is 1.85 bits per heavy atom. The van der Waals surface area contributed by atoms with Gasteiger partial charge in [0.2, 0.25) is 0 Å². The van der Waals surface area contributed by atoms with Gasteiger partial charge in [0, 0.05) is 12.3 Å². The normalized spacial score (nSPS) is 14.8. The van der Waals surface area contributed by atoms with E-state index in [4.69, 9.17) is 4.42 Å². The van der Waals surface area contributed by atoms with Crippen LogP contribution in [0.5, 0.6) is 0 Å². The van der Waals surface area contributed by atoms with Crippen LogP contribution < -0.4 is 10.9 Å². The summed E-state index contributed by atoms with van der Waals surface area (Å²) in [5.41, 5.74) is 1.01. The predicted molar refractivity (Wildman–Crippen MR) is 97.9 cm³/mol. The molecule has 3 aromatic rings. The number of pyridine rings is 1. The molecule has 1 aromatic carbocycles. The van der Waals surface area contributed by atoms with Gasteiger partial charge in [-0.2, -0.15) is 0 Å². The lowest BCUT2D eigenvalue weighted by Gasteiger charge is -2.18. The fourth-order valence-electron chi connectivity index (χ4n) is 3.12. The Morgan fingerprint density at radius 3 is 2.58 bits per heavy atom. The van der Waals surface area contributed by atoms with Crippen molar-refractivity contribution in [1.29, 1.82) is 0 Å². The highest BCUT2D eigenvalue weighted by atomic mass is 16.4. The summed E-state index contributed by atoms with van der Waals surface area (Å²) >= 11 is 0. The van der Waals surface area contributed by atoms with E-state index < -0.39 is 0 Å². The summed E-state index contributed by atoms with van der Waals surface area (Å²) in [6.07, 6.45) is 3.95. The first-order valence-electron chi connectivity index (χ1n) is 8.81. The zero-order valence-electron chi connectivity index (χ0n) is 14.3. The summed E-state index contributed by atoms with van der Waals surface area (Å²) in [6, 6.07) is 18.4. The SMILES string of the molecule is O=C(NC(c1ccccc1)C1CC1)c1ccc(Cn2ccccc2=O)o1. The zero-order chi connectivity index (χ0) is 17.9. The lowest BCUT2D eigenvalue weighted by molar-refractivity contribution is 0.0901. The van der Waals surface area contributed by atoms with Crippen LogP contribution in [0.15, 0.2) is 76.1 Å². The molecule has 1 atom stereocenters. The molecule has 1 aliphatic carbocycles. The summed E-state index contributed by atoms with van der Waals surface area (Å²) < 4.78 is 7.21. The van der Waals surface area contributed by atoms with Crippen molar-refractivity contribution in [3.63, 3.8) is 0 Å². The minimum atomic E-state index is -0.225. The van der Waals surface area contributed by atoms with Gasteiger partial charge in [0.15, 0.2) is 5.76 Å². The van der Waals surface area contributed by atoms with Crippen LogP contribution in [0.4, 0.5) is 0 Å². The maximum Gasteiger partial charge on any atom is 0.287 e. The first kappa shape index (κ1) is 16.4. The van der Waals surface area contributed by atoms with E-state index >= 15 is 0 Å². The Labute approximate surface area is 151 Å². The maximum atomic E-state index is 12.6. The van der Waals surface area contributed by atoms with Crippen LogP contribution in [0.1, 0.15) is 40.8 Å². The second-order valence-electron chi connectivity index (χ2n) is 6.63. The summed E-state index contributed by atoms with van der Waals surface area (Å²) in [6.45, 7) is 0.303. The number of hydrogen-bond acceptors (Lipinski definition) is 3. The van der Waals surface area contributed by atoms with Crippen LogP contribution in [0.2, 0.25) is 0 Å². The molecule has 0 saturated heterocycles. The molecule has 1 saturated carbocycles. The summed E-state index contributed by atoms with van der Waals surface area (Å²) in [5, 5.41) is 3.10. The van der Waals surface area contributed by atoms with Crippen molar-refractivity contribution >= 4 is 5.91 Å². The number of carbonyl (C=O) groups is 1. The van der Waals surface area contributed by atoms with E-state index in [9.17, 15) is 9.59 Å². The second kappa shape index (κ2) is 7.04. The Bertz CT molecular complexity index is 954. The number of carbonyl (C=O) groups excluding carboxylic acids is 1. The van der Waals surface area contributed by atoms with Crippen LogP contribution in [0.3, 0.4) is 0 Å². The van der Waals surface area contributed by atoms with Crippen molar-refractivity contribution < 1.29 is 9.21 Å². The number of amides is 1. The molecule has 1 aliphatic rings. The van der Waals surface area contributed by atoms with Gasteiger partial charge in [-0.3, -0.25) is 9.59 Å². The predicted octanol–water partition coefficient (Wildman–Crippen LogP) is 3.37. The minimum absolute atomic E-state index is 0.00833. The number of benzene rings is 1. The number of nitrogens with zero attached hydrogens (tertiary/aromatic N) is 1. The van der Waals surface area contributed by atoms with Crippen molar-refractivity contribution in [3.8, 4) is 0 Å². The molecule has 2 heterocycles. The van der Waals surface area contributed by atoms with Crippen molar-refractivity contribution in [2.45, 2.75) is 25.4 Å². The molecule has 0 bridgehead atoms. The molecule has 0 spiro atoms. The van der Waals surface area contributed by atoms with Crippen molar-refractivity contribution in [3.05, 3.63) is 94.3 Å². The maximum absolute atomic E-state index is 12.6. The molecule has 0 aliphatic heterocycles. The Morgan fingerprint density at radius 1 is 1.08 bits per heavy atom. The molecule has 132 valence electrons. The first-order valence-corrected chi connectivity index (χ1v) is 8.81. The van der Waals surface area contributed by atoms with Crippen LogP contribution >= 0.6 is 0 Å². The van der Waals surface area contributed by atoms with E-state index in [1.165, 1.54) is 10.6 Å². The largest absolute Gasteiger partial charge is 0.454 e. The van der Waals surface area contributed by atoms with Crippen LogP contribution in [0, 0.1) is 5.92 Å². The fraction of sp³-hybridized carbons (Fsp3) is 0.238. The van der Waals surface area contributed by atoms with Gasteiger partial charge in [0.05, 0.1) is 12.6 Å². The van der Waals surface area contributed by atoms with Gasteiger partial charge in [0.1, 0.15) is 5.76 Å². The quantitative estimate of drug-likeness (QED) is 0.743. The third-order valence-electron chi connectivity index (χ3n) is 4.65. The van der Waals surface area contributed by atoms with E-state index in [0.29, 0.717) is 18.2 Å². The second-order valence-corrected chi connectivity index (χ2v) is 6.63. The summed E-state index contributed by atoms with van der Waals surface area (Å²) in [5.74, 6) is 1.10. The molecule has 1 fully saturated rings. The molecule has 5 nitrogen and oxygen atoms in total. The smallest absolute Gasteiger partial charge is 0.287 e. The molecular formula is C21H20N2O3. The molecule has 26 heavy (non-hydrogen) atoms. The number of furan rings is 1. The van der Waals surface area contributed by atoms with Gasteiger partial charge in [-0.25, -0.2) is 0 Å². The Balaban J connectivity index is 1.48. The average Bonchev–Trinajstić information content (AvgIpc) is 3.40. The molecule has 4 rings (SSSR count). The van der Waals surface area contributed by atoms with Gasteiger partial charge in [-0.05, 0) is 42.5 Å². The molecule has 0 radical (unpaired) electrons. The molecular weight excluding hydrogens is 328 g/mol. The molecule has 2 aromatic heterocycles. The van der Waals surface area contributed by atoms with Gasteiger partial charge >= 0.3 is 0 Å². The lowest BCUT2D eigenvalue weighted by atomic mass is 10.0. The van der Waals surface area contributed by atoms with E-state index in [2.05, 4.69) is 5.32 Å². The Hall–Kier alpha value is -3.08. The molecule has 1 unspecified atom stereocenters. The molecule has 1 amide bonds. The third kappa shape index (κ3) is 3.61. The number of hydrogen-bond donors (Lipinski definition) is 1. The average molecular weight is 348 g/mol. The monoisotopic (exact) mass is 348 g/mol. The number of aromatic nitrogens is 1. The van der Waals surface area contributed by atoms with Gasteiger partial charge in [-0.15, -0.1) is 0 Å². The van der Waals surface area contributed by atoms with Gasteiger partial charge < -0.3 is 14.3 Å². The minimum Gasteiger partial charge on any atom is -0.454 e. The van der Waals surface area contributed by atoms with Crippen molar-refractivity contribution in [2.24, 2.45) is 5.92 Å². The van der Waals surface area contributed by atoms with Gasteiger partial charge in [0.25, 0.3) is 11.5 Å². The number of rotatable bonds is 6. The number of nitrogens with one attached hydrogen (secondary N) is 1. The topological polar surface area (TPSA) is 64.2 Å². The van der Waals surface area contributed by atoms with E-state index in [-0.39, 0.29) is 23.3 Å². The van der Waals surface area contributed by atoms with Crippen LogP contribution in [-0.2, 0) is 6.54 Å². The summed E-state index contributed by atoms with van der Waals surface area (Å²) in [7, 11) is 0. The third-order valence-corrected chi connectivity index (χ3v) is 4.65. The van der Waals surface area contributed by atoms with Crippen molar-refractivity contribution in [1.82, 2.24) is 9.88 Å². The van der Waals surface area contributed by atoms with Crippen molar-refractivity contribution in [2.75, 3.05) is 0 Å². The highest BCUT2D eigenvalue weighted by Crippen LogP contribution is 2.41. The lowest BCUT2D eigenvalue weighted by Crippen LogP contribution is -2.29. The van der Waals surface area contributed by atoms with Crippen LogP contribution in [-0.4, -0.2) is 10.5 Å². The standard InChI is InChI=1S/C21H20N2O3/c24-19-8-4-5-13-23(19)14-17-11-12-18(26-17)21(25)22-20(16-9-10-16)15-6-2-1-3-7-15/h1-8,11-13,16,20H,9-10,14H2,(H,22,25). The van der Waals surface area contributed by atoms with E-state index in [1.54, 1.807) is 30.5 Å². The zero-order valence-corrected chi connectivity index (χ0v) is 14.3. The fourth-order valence-corrected chi connectivity index (χ4v) is 3.12. The molecule has 1 N–H and O–H groups in total. The van der Waals surface area contributed by atoms with E-state index in [1.807, 2.05) is 30.3 Å². The highest BCUT2D eigenvalue weighted by Gasteiger charge is 2.33.